The molecule has 31 heavy (non-hydrogen) atoms. The second-order valence-electron chi connectivity index (χ2n) is 9.65. The molecule has 5 rings (SSSR count). The van der Waals surface area contributed by atoms with Gasteiger partial charge in [-0.05, 0) is 44.4 Å². The van der Waals surface area contributed by atoms with Crippen molar-refractivity contribution in [2.24, 2.45) is 0 Å². The van der Waals surface area contributed by atoms with Crippen molar-refractivity contribution < 1.29 is 4.39 Å². The molecular weight excluding hydrogens is 389 g/mol. The summed E-state index contributed by atoms with van der Waals surface area (Å²) in [5.41, 5.74) is 3.57. The Morgan fingerprint density at radius 2 is 1.74 bits per heavy atom. The van der Waals surface area contributed by atoms with Crippen LogP contribution in [0, 0.1) is 5.82 Å². The minimum atomic E-state index is -0.103. The number of piperazine rings is 1. The number of para-hydroxylation sites is 1. The van der Waals surface area contributed by atoms with Crippen LogP contribution in [0.2, 0.25) is 0 Å². The molecule has 2 saturated heterocycles. The summed E-state index contributed by atoms with van der Waals surface area (Å²) in [5.74, 6) is 0.576. The van der Waals surface area contributed by atoms with E-state index in [1.54, 1.807) is 12.1 Å². The Bertz CT molecular complexity index is 838. The molecule has 3 fully saturated rings. The second-order valence-corrected chi connectivity index (χ2v) is 9.65. The fourth-order valence-corrected chi connectivity index (χ4v) is 5.94. The minimum absolute atomic E-state index is 0.103. The first-order chi connectivity index (χ1) is 15.3. The Kier molecular flexibility index (Phi) is 6.55. The van der Waals surface area contributed by atoms with Crippen LogP contribution in [0.25, 0.3) is 0 Å². The zero-order valence-electron chi connectivity index (χ0n) is 18.6. The standard InChI is InChI=1S/C25H36FN5/c26-23-10-4-5-11-24(23)31-15-13-30(14-16-31)22-9-6-12-29(19-22)18-21-17-27-28-25(21)20-7-2-1-3-8-20/h4-5,10-11,17,20,22H,1-3,6-9,12-16,18-19H2,(H,27,28). The fraction of sp³-hybridized carbons (Fsp3) is 0.640. The van der Waals surface area contributed by atoms with Crippen LogP contribution >= 0.6 is 0 Å². The van der Waals surface area contributed by atoms with Crippen molar-refractivity contribution in [1.82, 2.24) is 20.0 Å². The van der Waals surface area contributed by atoms with Gasteiger partial charge >= 0.3 is 0 Å². The Morgan fingerprint density at radius 3 is 2.55 bits per heavy atom. The lowest BCUT2D eigenvalue weighted by Gasteiger charge is -2.44. The molecule has 1 aromatic carbocycles. The number of halogens is 1. The van der Waals surface area contributed by atoms with Gasteiger partial charge in [-0.15, -0.1) is 0 Å². The number of rotatable bonds is 5. The maximum atomic E-state index is 14.2. The number of anilines is 1. The highest BCUT2D eigenvalue weighted by molar-refractivity contribution is 5.48. The van der Waals surface area contributed by atoms with E-state index in [4.69, 9.17) is 0 Å². The number of nitrogens with zero attached hydrogens (tertiary/aromatic N) is 4. The smallest absolute Gasteiger partial charge is 0.146 e. The molecule has 0 bridgehead atoms. The maximum absolute atomic E-state index is 14.2. The summed E-state index contributed by atoms with van der Waals surface area (Å²) in [6.45, 7) is 7.19. The summed E-state index contributed by atoms with van der Waals surface area (Å²) in [4.78, 5) is 7.48. The Labute approximate surface area is 185 Å². The van der Waals surface area contributed by atoms with Crippen molar-refractivity contribution in [3.05, 3.63) is 47.5 Å². The first-order valence-electron chi connectivity index (χ1n) is 12.3. The lowest BCUT2D eigenvalue weighted by Crippen LogP contribution is -2.55. The maximum Gasteiger partial charge on any atom is 0.146 e. The van der Waals surface area contributed by atoms with Gasteiger partial charge in [-0.1, -0.05) is 31.4 Å². The molecule has 1 atom stereocenters. The van der Waals surface area contributed by atoms with Crippen LogP contribution in [0.5, 0.6) is 0 Å². The number of hydrogen-bond donors (Lipinski definition) is 1. The number of hydrogen-bond acceptors (Lipinski definition) is 4. The van der Waals surface area contributed by atoms with Crippen molar-refractivity contribution in [3.8, 4) is 0 Å². The molecule has 1 N–H and O–H groups in total. The molecule has 2 aromatic rings. The first-order valence-corrected chi connectivity index (χ1v) is 12.3. The van der Waals surface area contributed by atoms with Gasteiger partial charge in [0.15, 0.2) is 0 Å². The topological polar surface area (TPSA) is 38.4 Å². The van der Waals surface area contributed by atoms with Gasteiger partial charge in [-0.3, -0.25) is 14.9 Å². The first kappa shape index (κ1) is 21.0. The Morgan fingerprint density at radius 1 is 0.935 bits per heavy atom. The van der Waals surface area contributed by atoms with Crippen molar-refractivity contribution in [3.63, 3.8) is 0 Å². The molecule has 1 saturated carbocycles. The second kappa shape index (κ2) is 9.70. The van der Waals surface area contributed by atoms with Crippen LogP contribution in [-0.4, -0.2) is 65.3 Å². The summed E-state index contributed by atoms with van der Waals surface area (Å²) >= 11 is 0. The lowest BCUT2D eigenvalue weighted by atomic mass is 9.85. The molecule has 5 nitrogen and oxygen atoms in total. The molecule has 6 heteroatoms. The van der Waals surface area contributed by atoms with Gasteiger partial charge in [0.2, 0.25) is 0 Å². The van der Waals surface area contributed by atoms with E-state index in [1.807, 2.05) is 12.1 Å². The number of piperidine rings is 1. The van der Waals surface area contributed by atoms with Gasteiger partial charge < -0.3 is 4.90 Å². The Hall–Kier alpha value is -1.92. The number of benzene rings is 1. The quantitative estimate of drug-likeness (QED) is 0.771. The van der Waals surface area contributed by atoms with Gasteiger partial charge in [-0.25, -0.2) is 4.39 Å². The molecule has 1 unspecified atom stereocenters. The van der Waals surface area contributed by atoms with Crippen molar-refractivity contribution in [1.29, 1.82) is 0 Å². The van der Waals surface area contributed by atoms with Crippen LogP contribution in [0.1, 0.15) is 62.1 Å². The summed E-state index contributed by atoms with van der Waals surface area (Å²) < 4.78 is 14.2. The van der Waals surface area contributed by atoms with Crippen LogP contribution in [-0.2, 0) is 6.54 Å². The highest BCUT2D eigenvalue weighted by Crippen LogP contribution is 2.34. The highest BCUT2D eigenvalue weighted by Gasteiger charge is 2.29. The number of likely N-dealkylation sites (tertiary alicyclic amines) is 1. The van der Waals surface area contributed by atoms with Crippen molar-refractivity contribution in [2.75, 3.05) is 44.2 Å². The molecule has 3 heterocycles. The molecular formula is C25H36FN5. The van der Waals surface area contributed by atoms with E-state index in [0.29, 0.717) is 12.0 Å². The third kappa shape index (κ3) is 4.80. The molecule has 0 radical (unpaired) electrons. The number of nitrogens with one attached hydrogen (secondary N) is 1. The lowest BCUT2D eigenvalue weighted by molar-refractivity contribution is 0.0884. The van der Waals surface area contributed by atoms with E-state index in [0.717, 1.165) is 45.0 Å². The van der Waals surface area contributed by atoms with Crippen molar-refractivity contribution >= 4 is 5.69 Å². The van der Waals surface area contributed by atoms with Crippen LogP contribution in [0.15, 0.2) is 30.5 Å². The van der Waals surface area contributed by atoms with E-state index in [2.05, 4.69) is 31.1 Å². The number of H-pyrrole nitrogens is 1. The summed E-state index contributed by atoms with van der Waals surface area (Å²) in [7, 11) is 0. The molecule has 3 aliphatic rings. The average molecular weight is 426 g/mol. The SMILES string of the molecule is Fc1ccccc1N1CCN(C2CCCN(Cc3cn[nH]c3C3CCCCC3)C2)CC1. The summed E-state index contributed by atoms with van der Waals surface area (Å²) in [5, 5.41) is 7.76. The van der Waals surface area contributed by atoms with Gasteiger partial charge in [0.25, 0.3) is 0 Å². The van der Waals surface area contributed by atoms with Gasteiger partial charge in [0.05, 0.1) is 11.9 Å². The van der Waals surface area contributed by atoms with E-state index in [-0.39, 0.29) is 5.82 Å². The Balaban J connectivity index is 1.16. The van der Waals surface area contributed by atoms with Crippen LogP contribution < -0.4 is 4.90 Å². The van der Waals surface area contributed by atoms with Gasteiger partial charge in [-0.2, -0.15) is 5.10 Å². The van der Waals surface area contributed by atoms with E-state index in [1.165, 1.54) is 62.7 Å². The summed E-state index contributed by atoms with van der Waals surface area (Å²) in [6.07, 6.45) is 11.3. The van der Waals surface area contributed by atoms with Crippen LogP contribution in [0.3, 0.4) is 0 Å². The number of aromatic nitrogens is 2. The molecule has 0 amide bonds. The monoisotopic (exact) mass is 425 g/mol. The number of aromatic amines is 1. The zero-order valence-corrected chi connectivity index (χ0v) is 18.6. The van der Waals surface area contributed by atoms with E-state index >= 15 is 0 Å². The van der Waals surface area contributed by atoms with E-state index < -0.39 is 0 Å². The van der Waals surface area contributed by atoms with E-state index in [9.17, 15) is 4.39 Å². The van der Waals surface area contributed by atoms with Crippen LogP contribution in [0.4, 0.5) is 10.1 Å². The average Bonchev–Trinajstić information content (AvgIpc) is 3.28. The summed E-state index contributed by atoms with van der Waals surface area (Å²) in [6, 6.07) is 7.79. The minimum Gasteiger partial charge on any atom is -0.367 e. The molecule has 1 aliphatic carbocycles. The zero-order chi connectivity index (χ0) is 21.0. The predicted molar refractivity (Wildman–Crippen MR) is 123 cm³/mol. The molecule has 168 valence electrons. The third-order valence-corrected chi connectivity index (χ3v) is 7.66. The largest absolute Gasteiger partial charge is 0.367 e. The van der Waals surface area contributed by atoms with Gasteiger partial charge in [0, 0.05) is 62.5 Å². The normalized spacial score (nSPS) is 24.5. The highest BCUT2D eigenvalue weighted by atomic mass is 19.1. The fourth-order valence-electron chi connectivity index (χ4n) is 5.94. The van der Waals surface area contributed by atoms with Gasteiger partial charge in [0.1, 0.15) is 5.82 Å². The molecule has 2 aliphatic heterocycles. The molecule has 1 aromatic heterocycles. The van der Waals surface area contributed by atoms with Crippen molar-refractivity contribution in [2.45, 2.75) is 63.5 Å². The molecule has 0 spiro atoms. The third-order valence-electron chi connectivity index (χ3n) is 7.66. The predicted octanol–water partition coefficient (Wildman–Crippen LogP) is 4.38.